The molecule has 1 aliphatic carbocycles. The molecule has 3 unspecified atom stereocenters. The average Bonchev–Trinajstić information content (AvgIpc) is 2.32. The maximum absolute atomic E-state index is 11.9. The lowest BCUT2D eigenvalue weighted by Gasteiger charge is -2.29. The Hall–Kier alpha value is -1.30. The fourth-order valence-electron chi connectivity index (χ4n) is 2.16. The van der Waals surface area contributed by atoms with E-state index in [0.29, 0.717) is 12.8 Å². The molecule has 0 aromatic heterocycles. The summed E-state index contributed by atoms with van der Waals surface area (Å²) in [4.78, 5) is 11.9. The van der Waals surface area contributed by atoms with Gasteiger partial charge in [0.25, 0.3) is 0 Å². The van der Waals surface area contributed by atoms with Gasteiger partial charge in [0.15, 0.2) is 5.84 Å². The first-order chi connectivity index (χ1) is 8.10. The molecule has 0 aromatic carbocycles. The van der Waals surface area contributed by atoms with Crippen LogP contribution in [0, 0.1) is 5.92 Å². The summed E-state index contributed by atoms with van der Waals surface area (Å²) >= 11 is 0. The molecule has 98 valence electrons. The number of rotatable bonds is 4. The fourth-order valence-corrected chi connectivity index (χ4v) is 2.16. The maximum atomic E-state index is 11.9. The van der Waals surface area contributed by atoms with Gasteiger partial charge in [-0.15, -0.1) is 0 Å². The van der Waals surface area contributed by atoms with Gasteiger partial charge in [-0.2, -0.15) is 0 Å². The summed E-state index contributed by atoms with van der Waals surface area (Å²) in [7, 11) is 0. The van der Waals surface area contributed by atoms with Crippen molar-refractivity contribution in [3.05, 3.63) is 0 Å². The molecule has 1 saturated carbocycles. The number of nitrogens with two attached hydrogens (primary N) is 1. The second kappa shape index (κ2) is 6.44. The zero-order valence-corrected chi connectivity index (χ0v) is 10.1. The van der Waals surface area contributed by atoms with Gasteiger partial charge in [0.1, 0.15) is 0 Å². The topological polar surface area (TPSA) is 108 Å². The van der Waals surface area contributed by atoms with Crippen LogP contribution in [0.25, 0.3) is 0 Å². The molecule has 0 radical (unpaired) electrons. The zero-order valence-electron chi connectivity index (χ0n) is 10.1. The highest BCUT2D eigenvalue weighted by molar-refractivity contribution is 6.02. The third-order valence-electron chi connectivity index (χ3n) is 3.25. The number of amidine groups is 1. The lowest BCUT2D eigenvalue weighted by Crippen LogP contribution is -2.49. The first-order valence-electron chi connectivity index (χ1n) is 6.06. The third-order valence-corrected chi connectivity index (χ3v) is 3.25. The Morgan fingerprint density at radius 2 is 2.18 bits per heavy atom. The largest absolute Gasteiger partial charge is 0.409 e. The number of aliphatic hydroxyl groups excluding tert-OH is 1. The number of amides is 1. The van der Waals surface area contributed by atoms with Crippen LogP contribution < -0.4 is 11.1 Å². The minimum absolute atomic E-state index is 0.0877. The van der Waals surface area contributed by atoms with Crippen molar-refractivity contribution in [3.63, 3.8) is 0 Å². The fraction of sp³-hybridized carbons (Fsp3) is 0.818. The second-order valence-electron chi connectivity index (χ2n) is 4.45. The molecule has 0 heterocycles. The van der Waals surface area contributed by atoms with Crippen LogP contribution >= 0.6 is 0 Å². The number of aliphatic hydroxyl groups is 1. The van der Waals surface area contributed by atoms with Crippen molar-refractivity contribution in [3.8, 4) is 0 Å². The highest BCUT2D eigenvalue weighted by Gasteiger charge is 2.28. The van der Waals surface area contributed by atoms with E-state index in [1.165, 1.54) is 0 Å². The van der Waals surface area contributed by atoms with Crippen molar-refractivity contribution in [2.24, 2.45) is 16.8 Å². The highest BCUT2D eigenvalue weighted by atomic mass is 16.4. The molecule has 6 nitrogen and oxygen atoms in total. The molecule has 3 atom stereocenters. The predicted octanol–water partition coefficient (Wildman–Crippen LogP) is 0.179. The molecule has 0 saturated heterocycles. The predicted molar refractivity (Wildman–Crippen MR) is 63.6 cm³/mol. The van der Waals surface area contributed by atoms with Crippen LogP contribution in [0.15, 0.2) is 5.16 Å². The summed E-state index contributed by atoms with van der Waals surface area (Å²) in [6, 6.07) is -0.211. The van der Waals surface area contributed by atoms with Crippen LogP contribution in [0.2, 0.25) is 0 Å². The van der Waals surface area contributed by atoms with E-state index in [4.69, 9.17) is 10.9 Å². The van der Waals surface area contributed by atoms with Crippen LogP contribution in [-0.2, 0) is 4.79 Å². The van der Waals surface area contributed by atoms with Crippen molar-refractivity contribution in [1.29, 1.82) is 0 Å². The normalized spacial score (nSPS) is 27.5. The Labute approximate surface area is 101 Å². The summed E-state index contributed by atoms with van der Waals surface area (Å²) in [5.41, 5.74) is 5.45. The molecule has 5 N–H and O–H groups in total. The monoisotopic (exact) mass is 243 g/mol. The zero-order chi connectivity index (χ0) is 12.8. The number of nitrogens with one attached hydrogen (secondary N) is 1. The van der Waals surface area contributed by atoms with Gasteiger partial charge in [0.2, 0.25) is 5.91 Å². The minimum Gasteiger partial charge on any atom is -0.409 e. The van der Waals surface area contributed by atoms with E-state index in [1.807, 2.05) is 0 Å². The standard InChI is InChI=1S/C11H21N3O3/c1-2-7(10(12)14-17)11(16)13-8-5-3-4-6-9(8)15/h7-9,15,17H,2-6H2,1H3,(H2,12,14)(H,13,16). The van der Waals surface area contributed by atoms with Gasteiger partial charge in [-0.3, -0.25) is 4.79 Å². The van der Waals surface area contributed by atoms with Crippen LogP contribution in [0.4, 0.5) is 0 Å². The molecule has 1 fully saturated rings. The molecule has 6 heteroatoms. The number of carbonyl (C=O) groups is 1. The van der Waals surface area contributed by atoms with Gasteiger partial charge in [0, 0.05) is 0 Å². The Balaban J connectivity index is 2.57. The lowest BCUT2D eigenvalue weighted by molar-refractivity contribution is -0.125. The Morgan fingerprint density at radius 3 is 2.71 bits per heavy atom. The van der Waals surface area contributed by atoms with E-state index in [9.17, 15) is 9.90 Å². The van der Waals surface area contributed by atoms with Gasteiger partial charge in [0.05, 0.1) is 18.1 Å². The van der Waals surface area contributed by atoms with Crippen LogP contribution in [-0.4, -0.2) is 34.2 Å². The molecular formula is C11H21N3O3. The molecule has 0 bridgehead atoms. The van der Waals surface area contributed by atoms with E-state index in [-0.39, 0.29) is 17.8 Å². The third kappa shape index (κ3) is 3.59. The number of oxime groups is 1. The number of hydrogen-bond donors (Lipinski definition) is 4. The molecule has 0 aliphatic heterocycles. The number of nitrogens with zero attached hydrogens (tertiary/aromatic N) is 1. The van der Waals surface area contributed by atoms with Gasteiger partial charge in [-0.1, -0.05) is 24.9 Å². The Kier molecular flexibility index (Phi) is 5.21. The smallest absolute Gasteiger partial charge is 0.231 e. The molecule has 1 aliphatic rings. The molecule has 0 spiro atoms. The minimum atomic E-state index is -0.630. The number of carbonyl (C=O) groups excluding carboxylic acids is 1. The molecule has 1 rings (SSSR count). The second-order valence-corrected chi connectivity index (χ2v) is 4.45. The number of hydrogen-bond acceptors (Lipinski definition) is 4. The SMILES string of the molecule is CCC(C(=O)NC1CCCCC1O)/C(N)=N/O. The van der Waals surface area contributed by atoms with Crippen molar-refractivity contribution < 1.29 is 15.1 Å². The first kappa shape index (κ1) is 13.8. The molecular weight excluding hydrogens is 222 g/mol. The van der Waals surface area contributed by atoms with Crippen molar-refractivity contribution in [2.75, 3.05) is 0 Å². The van der Waals surface area contributed by atoms with E-state index >= 15 is 0 Å². The van der Waals surface area contributed by atoms with E-state index in [1.54, 1.807) is 6.92 Å². The van der Waals surface area contributed by atoms with Gasteiger partial charge in [-0.25, -0.2) is 0 Å². The highest BCUT2D eigenvalue weighted by Crippen LogP contribution is 2.19. The molecule has 17 heavy (non-hydrogen) atoms. The first-order valence-corrected chi connectivity index (χ1v) is 6.06. The Morgan fingerprint density at radius 1 is 1.53 bits per heavy atom. The summed E-state index contributed by atoms with van der Waals surface area (Å²) in [6.45, 7) is 1.79. The van der Waals surface area contributed by atoms with Crippen LogP contribution in [0.3, 0.4) is 0 Å². The lowest BCUT2D eigenvalue weighted by atomic mass is 9.92. The van der Waals surface area contributed by atoms with Gasteiger partial charge >= 0.3 is 0 Å². The van der Waals surface area contributed by atoms with Crippen LogP contribution in [0.1, 0.15) is 39.0 Å². The van der Waals surface area contributed by atoms with E-state index < -0.39 is 12.0 Å². The summed E-state index contributed by atoms with van der Waals surface area (Å²) in [5, 5.41) is 24.0. The summed E-state index contributed by atoms with van der Waals surface area (Å²) in [5.74, 6) is -1.00. The molecule has 1 amide bonds. The van der Waals surface area contributed by atoms with Crippen LogP contribution in [0.5, 0.6) is 0 Å². The summed E-state index contributed by atoms with van der Waals surface area (Å²) < 4.78 is 0. The van der Waals surface area contributed by atoms with Crippen molar-refractivity contribution >= 4 is 11.7 Å². The Bertz CT molecular complexity index is 294. The van der Waals surface area contributed by atoms with E-state index in [0.717, 1.165) is 19.3 Å². The van der Waals surface area contributed by atoms with Gasteiger partial charge < -0.3 is 21.4 Å². The van der Waals surface area contributed by atoms with E-state index in [2.05, 4.69) is 10.5 Å². The maximum Gasteiger partial charge on any atom is 0.231 e. The van der Waals surface area contributed by atoms with Crippen molar-refractivity contribution in [1.82, 2.24) is 5.32 Å². The summed E-state index contributed by atoms with van der Waals surface area (Å²) in [6.07, 6.45) is 3.46. The quantitative estimate of drug-likeness (QED) is 0.244. The average molecular weight is 243 g/mol. The van der Waals surface area contributed by atoms with Crippen molar-refractivity contribution in [2.45, 2.75) is 51.2 Å². The van der Waals surface area contributed by atoms with Gasteiger partial charge in [-0.05, 0) is 19.3 Å². The molecule has 0 aromatic rings.